The van der Waals surface area contributed by atoms with Gasteiger partial charge in [0.15, 0.2) is 30.3 Å². The standard InChI is InChI=1S/C52H77N5O12/c1-31(2)25-39-51(63)68-43(29-37-21-17-15-18-22-37)47(59)57(14)41(27-33(5)6)50(62)67-36(10)46(58)55(12)42(28-34(7)8)52(64)69-44(30-38-23-19-16-20-24-38)48(60)56(13)40(26-32(3)4)49(61)66-35(9)45(53-65)54(39)11/h15-24,31-36,39-44,65H,25-30H2,1-14H3/b53-45+/t35-,36-,39+,40+,41?,42+,43-,44-/m1/s1. The number of amidine groups is 1. The maximum absolute atomic E-state index is 14.7. The molecule has 1 saturated heterocycles. The van der Waals surface area contributed by atoms with Gasteiger partial charge >= 0.3 is 23.9 Å². The molecule has 17 nitrogen and oxygen atoms in total. The highest BCUT2D eigenvalue weighted by Crippen LogP contribution is 2.24. The monoisotopic (exact) mass is 964 g/mol. The van der Waals surface area contributed by atoms with Gasteiger partial charge in [0.25, 0.3) is 17.7 Å². The first kappa shape index (κ1) is 57.3. The molecule has 0 radical (unpaired) electrons. The van der Waals surface area contributed by atoms with Crippen LogP contribution in [0.25, 0.3) is 0 Å². The molecule has 0 saturated carbocycles. The molecule has 17 heteroatoms. The van der Waals surface area contributed by atoms with Gasteiger partial charge in [0.2, 0.25) is 0 Å². The van der Waals surface area contributed by atoms with Gasteiger partial charge < -0.3 is 43.8 Å². The SMILES string of the molecule is CC(C)CC1C(=O)O[C@H](C)C(=O)N(C)[C@@H](CC(C)C)C(=O)O[C@H](Cc2ccccc2)C(=O)N(C)[C@@H](CC(C)C)C(=O)O[C@H](C)/C(=N\O)N(C)[C@@H](CC(C)C)C(=O)O[C@H](Cc2ccccc2)C(=O)N1C. The van der Waals surface area contributed by atoms with Crippen LogP contribution in [0.4, 0.5) is 0 Å². The van der Waals surface area contributed by atoms with Crippen molar-refractivity contribution in [3.63, 3.8) is 0 Å². The zero-order valence-corrected chi connectivity index (χ0v) is 43.1. The van der Waals surface area contributed by atoms with Gasteiger partial charge in [0, 0.05) is 41.0 Å². The lowest BCUT2D eigenvalue weighted by molar-refractivity contribution is -0.174. The maximum atomic E-state index is 14.7. The second-order valence-corrected chi connectivity index (χ2v) is 19.9. The number of carbonyl (C=O) groups is 7. The number of oxime groups is 1. The van der Waals surface area contributed by atoms with Crippen LogP contribution in [0.5, 0.6) is 0 Å². The average Bonchev–Trinajstić information content (AvgIpc) is 3.29. The average molecular weight is 964 g/mol. The molecule has 1 aliphatic rings. The molecule has 382 valence electrons. The summed E-state index contributed by atoms with van der Waals surface area (Å²) in [5, 5.41) is 14.0. The topological polar surface area (TPSA) is 202 Å². The highest BCUT2D eigenvalue weighted by atomic mass is 16.6. The molecule has 0 spiro atoms. The molecular weight excluding hydrogens is 887 g/mol. The van der Waals surface area contributed by atoms with E-state index < -0.39 is 90.2 Å². The van der Waals surface area contributed by atoms with E-state index in [1.807, 2.05) is 55.4 Å². The number of ether oxygens (including phenoxy) is 4. The lowest BCUT2D eigenvalue weighted by Gasteiger charge is -2.36. The van der Waals surface area contributed by atoms with E-state index >= 15 is 0 Å². The van der Waals surface area contributed by atoms with Crippen molar-refractivity contribution in [2.75, 3.05) is 28.2 Å². The van der Waals surface area contributed by atoms with Crippen LogP contribution in [0.2, 0.25) is 0 Å². The Bertz CT molecular complexity index is 2060. The molecule has 1 unspecified atom stereocenters. The number of nitrogens with zero attached hydrogens (tertiary/aromatic N) is 5. The summed E-state index contributed by atoms with van der Waals surface area (Å²) in [6, 6.07) is 12.9. The first-order chi connectivity index (χ1) is 32.4. The molecule has 2 aromatic carbocycles. The van der Waals surface area contributed by atoms with E-state index in [0.717, 1.165) is 4.90 Å². The van der Waals surface area contributed by atoms with E-state index in [1.165, 1.54) is 56.7 Å². The van der Waals surface area contributed by atoms with Crippen molar-refractivity contribution in [2.45, 2.75) is 156 Å². The molecule has 8 atom stereocenters. The molecule has 0 bridgehead atoms. The smallest absolute Gasteiger partial charge is 0.329 e. The summed E-state index contributed by atoms with van der Waals surface area (Å²) < 4.78 is 24.0. The van der Waals surface area contributed by atoms with Gasteiger partial charge in [-0.25, -0.2) is 19.2 Å². The number of hydrogen-bond acceptors (Lipinski definition) is 13. The van der Waals surface area contributed by atoms with E-state index in [4.69, 9.17) is 18.9 Å². The summed E-state index contributed by atoms with van der Waals surface area (Å²) in [6.07, 6.45) is -5.33. The predicted molar refractivity (Wildman–Crippen MR) is 259 cm³/mol. The lowest BCUT2D eigenvalue weighted by Crippen LogP contribution is -2.55. The fraction of sp³-hybridized carbons (Fsp3) is 0.615. The summed E-state index contributed by atoms with van der Waals surface area (Å²) in [7, 11) is 5.68. The molecule has 1 aliphatic heterocycles. The number of rotatable bonds is 12. The summed E-state index contributed by atoms with van der Waals surface area (Å²) >= 11 is 0. The third-order valence-corrected chi connectivity index (χ3v) is 12.1. The summed E-state index contributed by atoms with van der Waals surface area (Å²) in [5.41, 5.74) is 1.31. The van der Waals surface area contributed by atoms with Gasteiger partial charge in [0.05, 0.1) is 0 Å². The second kappa shape index (κ2) is 26.7. The van der Waals surface area contributed by atoms with Crippen LogP contribution in [0.3, 0.4) is 0 Å². The van der Waals surface area contributed by atoms with E-state index in [9.17, 15) is 38.8 Å². The molecule has 3 rings (SSSR count). The molecule has 69 heavy (non-hydrogen) atoms. The Labute approximate surface area is 408 Å². The fourth-order valence-corrected chi connectivity index (χ4v) is 8.30. The van der Waals surface area contributed by atoms with Crippen LogP contribution in [-0.2, 0) is 65.4 Å². The summed E-state index contributed by atoms with van der Waals surface area (Å²) in [6.45, 7) is 17.7. The van der Waals surface area contributed by atoms with Gasteiger partial charge in [-0.15, -0.1) is 0 Å². The summed E-state index contributed by atoms with van der Waals surface area (Å²) in [5.74, 6) is -6.49. The zero-order chi connectivity index (χ0) is 51.9. The van der Waals surface area contributed by atoms with E-state index in [2.05, 4.69) is 5.16 Å². The molecule has 1 heterocycles. The predicted octanol–water partition coefficient (Wildman–Crippen LogP) is 5.93. The minimum absolute atomic E-state index is 0.0744. The number of cyclic esters (lactones) is 4. The molecule has 1 fully saturated rings. The van der Waals surface area contributed by atoms with Crippen LogP contribution in [-0.4, -0.2) is 149 Å². The van der Waals surface area contributed by atoms with Crippen molar-refractivity contribution in [1.29, 1.82) is 0 Å². The van der Waals surface area contributed by atoms with Crippen molar-refractivity contribution < 1.29 is 57.7 Å². The molecule has 3 amide bonds. The van der Waals surface area contributed by atoms with Crippen molar-refractivity contribution in [1.82, 2.24) is 19.6 Å². The highest BCUT2D eigenvalue weighted by Gasteiger charge is 2.42. The van der Waals surface area contributed by atoms with Crippen LogP contribution in [0.1, 0.15) is 106 Å². The van der Waals surface area contributed by atoms with E-state index in [-0.39, 0.29) is 68.0 Å². The van der Waals surface area contributed by atoms with Gasteiger partial charge in [-0.1, -0.05) is 121 Å². The van der Waals surface area contributed by atoms with Crippen molar-refractivity contribution >= 4 is 47.4 Å². The van der Waals surface area contributed by atoms with Crippen molar-refractivity contribution in [3.8, 4) is 0 Å². The van der Waals surface area contributed by atoms with Gasteiger partial charge in [-0.05, 0) is 74.3 Å². The minimum atomic E-state index is -1.47. The Balaban J connectivity index is 2.28. The van der Waals surface area contributed by atoms with Gasteiger partial charge in [0.1, 0.15) is 24.2 Å². The van der Waals surface area contributed by atoms with Gasteiger partial charge in [-0.2, -0.15) is 0 Å². The molecule has 0 aliphatic carbocycles. The number of benzene rings is 2. The van der Waals surface area contributed by atoms with E-state index in [1.54, 1.807) is 60.7 Å². The molecule has 1 N–H and O–H groups in total. The third-order valence-electron chi connectivity index (χ3n) is 12.1. The number of hydrogen-bond donors (Lipinski definition) is 1. The second-order valence-electron chi connectivity index (χ2n) is 19.9. The van der Waals surface area contributed by atoms with E-state index in [0.29, 0.717) is 11.1 Å². The van der Waals surface area contributed by atoms with Crippen molar-refractivity contribution in [3.05, 3.63) is 71.8 Å². The first-order valence-electron chi connectivity index (χ1n) is 24.0. The number of carbonyl (C=O) groups excluding carboxylic acids is 7. The zero-order valence-electron chi connectivity index (χ0n) is 43.1. The normalized spacial score (nSPS) is 25.6. The third kappa shape index (κ3) is 16.6. The number of amides is 3. The first-order valence-corrected chi connectivity index (χ1v) is 24.0. The quantitative estimate of drug-likeness (QED) is 0.114. The Morgan fingerprint density at radius 1 is 0.449 bits per heavy atom. The molecular formula is C52H77N5O12. The Morgan fingerprint density at radius 3 is 1.06 bits per heavy atom. The summed E-state index contributed by atoms with van der Waals surface area (Å²) in [4.78, 5) is 106. The van der Waals surface area contributed by atoms with Crippen LogP contribution in [0, 0.1) is 23.7 Å². The minimum Gasteiger partial charge on any atom is -0.453 e. The van der Waals surface area contributed by atoms with Crippen molar-refractivity contribution in [2.24, 2.45) is 28.8 Å². The molecule has 2 aromatic rings. The largest absolute Gasteiger partial charge is 0.453 e. The fourth-order valence-electron chi connectivity index (χ4n) is 8.30. The van der Waals surface area contributed by atoms with Crippen LogP contribution < -0.4 is 0 Å². The Morgan fingerprint density at radius 2 is 0.739 bits per heavy atom. The maximum Gasteiger partial charge on any atom is 0.329 e. The highest BCUT2D eigenvalue weighted by molar-refractivity contribution is 5.95. The molecule has 0 aromatic heterocycles. The van der Waals surface area contributed by atoms with Gasteiger partial charge in [-0.3, -0.25) is 14.4 Å². The number of likely N-dealkylation sites (N-methyl/N-ethyl adjacent to an activating group) is 4. The lowest BCUT2D eigenvalue weighted by atomic mass is 10.00. The Hall–Kier alpha value is -6.00. The van der Waals surface area contributed by atoms with Crippen LogP contribution >= 0.6 is 0 Å². The van der Waals surface area contributed by atoms with Crippen LogP contribution in [0.15, 0.2) is 65.8 Å². The number of esters is 4. The Kier molecular flexibility index (Phi) is 22.2.